The number of methoxy groups -OCH3 is 1. The summed E-state index contributed by atoms with van der Waals surface area (Å²) in [6.07, 6.45) is 3.63. The van der Waals surface area contributed by atoms with Crippen molar-refractivity contribution in [3.8, 4) is 0 Å². The fourth-order valence-corrected chi connectivity index (χ4v) is 2.94. The van der Waals surface area contributed by atoms with Crippen molar-refractivity contribution in [2.24, 2.45) is 10.4 Å². The van der Waals surface area contributed by atoms with Gasteiger partial charge in [-0.05, 0) is 49.3 Å². The van der Waals surface area contributed by atoms with Crippen LogP contribution in [0.3, 0.4) is 0 Å². The molecule has 0 saturated heterocycles. The van der Waals surface area contributed by atoms with Gasteiger partial charge >= 0.3 is 0 Å². The molecule has 2 N–H and O–H groups in total. The molecule has 1 aliphatic rings. The van der Waals surface area contributed by atoms with Crippen LogP contribution in [0.4, 0.5) is 5.69 Å². The van der Waals surface area contributed by atoms with Gasteiger partial charge < -0.3 is 15.4 Å². The predicted octanol–water partition coefficient (Wildman–Crippen LogP) is 4.37. The van der Waals surface area contributed by atoms with Crippen molar-refractivity contribution in [1.29, 1.82) is 0 Å². The molecule has 2 aromatic carbocycles. The van der Waals surface area contributed by atoms with Crippen LogP contribution in [0, 0.1) is 12.3 Å². The second-order valence-electron chi connectivity index (χ2n) is 7.24. The van der Waals surface area contributed by atoms with Crippen LogP contribution in [0.15, 0.2) is 59.6 Å². The monoisotopic (exact) mass is 351 g/mol. The van der Waals surface area contributed by atoms with Gasteiger partial charge in [-0.15, -0.1) is 0 Å². The molecule has 138 valence electrons. The Morgan fingerprint density at radius 3 is 2.46 bits per heavy atom. The zero-order valence-electron chi connectivity index (χ0n) is 15.8. The summed E-state index contributed by atoms with van der Waals surface area (Å²) in [5.74, 6) is 0.834. The molecule has 2 aromatic rings. The summed E-state index contributed by atoms with van der Waals surface area (Å²) in [5.41, 5.74) is 3.90. The van der Waals surface area contributed by atoms with Crippen molar-refractivity contribution in [3.05, 3.63) is 65.7 Å². The van der Waals surface area contributed by atoms with Crippen LogP contribution in [0.25, 0.3) is 0 Å². The molecule has 0 aromatic heterocycles. The fourth-order valence-electron chi connectivity index (χ4n) is 2.94. The molecule has 0 amide bonds. The number of nitrogens with zero attached hydrogens (tertiary/aromatic N) is 1. The Morgan fingerprint density at radius 1 is 1.08 bits per heavy atom. The van der Waals surface area contributed by atoms with E-state index in [4.69, 9.17) is 9.73 Å². The highest BCUT2D eigenvalue weighted by Gasteiger charge is 2.41. The highest BCUT2D eigenvalue weighted by molar-refractivity contribution is 5.93. The summed E-state index contributed by atoms with van der Waals surface area (Å²) in [7, 11) is 1.77. The molecule has 0 unspecified atom stereocenters. The third kappa shape index (κ3) is 5.60. The zero-order valence-corrected chi connectivity index (χ0v) is 15.8. The van der Waals surface area contributed by atoms with Crippen molar-refractivity contribution >= 4 is 11.6 Å². The van der Waals surface area contributed by atoms with E-state index in [0.29, 0.717) is 12.0 Å². The van der Waals surface area contributed by atoms with Gasteiger partial charge in [0.05, 0.1) is 6.54 Å². The van der Waals surface area contributed by atoms with Gasteiger partial charge in [-0.25, -0.2) is 4.99 Å². The van der Waals surface area contributed by atoms with E-state index in [2.05, 4.69) is 54.0 Å². The second-order valence-corrected chi connectivity index (χ2v) is 7.24. The summed E-state index contributed by atoms with van der Waals surface area (Å²) in [4.78, 5) is 4.79. The number of aliphatic imine (C=N–C) groups is 1. The van der Waals surface area contributed by atoms with E-state index in [1.54, 1.807) is 7.11 Å². The van der Waals surface area contributed by atoms with Gasteiger partial charge in [-0.1, -0.05) is 48.0 Å². The first-order valence-corrected chi connectivity index (χ1v) is 9.34. The lowest BCUT2D eigenvalue weighted by atomic mass is 10.0. The maximum absolute atomic E-state index is 5.26. The quantitative estimate of drug-likeness (QED) is 0.548. The van der Waals surface area contributed by atoms with Gasteiger partial charge in [0.15, 0.2) is 5.96 Å². The molecule has 0 atom stereocenters. The molecule has 1 aliphatic carbocycles. The maximum atomic E-state index is 5.26. The first kappa shape index (κ1) is 18.5. The topological polar surface area (TPSA) is 45.6 Å². The van der Waals surface area contributed by atoms with E-state index >= 15 is 0 Å². The Bertz CT molecular complexity index is 706. The molecule has 4 nitrogen and oxygen atoms in total. The Labute approximate surface area is 156 Å². The first-order valence-electron chi connectivity index (χ1n) is 9.34. The van der Waals surface area contributed by atoms with Crippen molar-refractivity contribution < 1.29 is 4.74 Å². The minimum absolute atomic E-state index is 0.374. The molecule has 0 heterocycles. The summed E-state index contributed by atoms with van der Waals surface area (Å²) in [6.45, 7) is 4.52. The predicted molar refractivity (Wildman–Crippen MR) is 109 cm³/mol. The molecule has 0 bridgehead atoms. The highest BCUT2D eigenvalue weighted by Crippen LogP contribution is 2.48. The molecule has 0 radical (unpaired) electrons. The van der Waals surface area contributed by atoms with Crippen LogP contribution in [-0.2, 0) is 11.3 Å². The van der Waals surface area contributed by atoms with E-state index in [1.165, 1.54) is 24.0 Å². The number of aryl methyl sites for hydroxylation is 1. The van der Waals surface area contributed by atoms with Crippen LogP contribution in [0.5, 0.6) is 0 Å². The van der Waals surface area contributed by atoms with Crippen molar-refractivity contribution in [2.75, 3.05) is 25.6 Å². The van der Waals surface area contributed by atoms with Gasteiger partial charge in [-0.2, -0.15) is 0 Å². The Hall–Kier alpha value is -2.33. The van der Waals surface area contributed by atoms with Crippen LogP contribution in [0.1, 0.15) is 30.4 Å². The second kappa shape index (κ2) is 8.86. The summed E-state index contributed by atoms with van der Waals surface area (Å²) in [5, 5.41) is 6.97. The van der Waals surface area contributed by atoms with Crippen LogP contribution < -0.4 is 10.6 Å². The molecular weight excluding hydrogens is 322 g/mol. The number of benzene rings is 2. The summed E-state index contributed by atoms with van der Waals surface area (Å²) in [6, 6.07) is 18.7. The smallest absolute Gasteiger partial charge is 0.196 e. The van der Waals surface area contributed by atoms with E-state index in [0.717, 1.165) is 31.2 Å². The Kier molecular flexibility index (Phi) is 6.29. The van der Waals surface area contributed by atoms with Crippen molar-refractivity contribution in [2.45, 2.75) is 32.7 Å². The van der Waals surface area contributed by atoms with E-state index < -0.39 is 0 Å². The lowest BCUT2D eigenvalue weighted by Crippen LogP contribution is -2.35. The van der Waals surface area contributed by atoms with Gasteiger partial charge in [0.25, 0.3) is 0 Å². The number of anilines is 1. The number of hydrogen-bond acceptors (Lipinski definition) is 2. The first-order chi connectivity index (χ1) is 12.7. The molecule has 0 aliphatic heterocycles. The lowest BCUT2D eigenvalue weighted by Gasteiger charge is -2.18. The van der Waals surface area contributed by atoms with Gasteiger partial charge in [0, 0.05) is 25.9 Å². The third-order valence-corrected chi connectivity index (χ3v) is 5.00. The number of ether oxygens (including phenoxy) is 1. The molecule has 4 heteroatoms. The number of guanidine groups is 1. The minimum atomic E-state index is 0.374. The maximum Gasteiger partial charge on any atom is 0.196 e. The summed E-state index contributed by atoms with van der Waals surface area (Å²) < 4.78 is 5.26. The van der Waals surface area contributed by atoms with Crippen LogP contribution in [-0.4, -0.2) is 26.2 Å². The van der Waals surface area contributed by atoms with Crippen molar-refractivity contribution in [3.63, 3.8) is 0 Å². The number of nitrogens with one attached hydrogen (secondary N) is 2. The van der Waals surface area contributed by atoms with Gasteiger partial charge in [0.1, 0.15) is 0 Å². The van der Waals surface area contributed by atoms with Gasteiger partial charge in [0.2, 0.25) is 0 Å². The van der Waals surface area contributed by atoms with E-state index in [1.807, 2.05) is 18.2 Å². The van der Waals surface area contributed by atoms with Crippen molar-refractivity contribution in [1.82, 2.24) is 5.32 Å². The molecular formula is C22H29N3O. The average Bonchev–Trinajstić information content (AvgIpc) is 3.45. The zero-order chi connectivity index (χ0) is 18.2. The molecule has 3 rings (SSSR count). The van der Waals surface area contributed by atoms with Gasteiger partial charge in [-0.3, -0.25) is 0 Å². The standard InChI is InChI=1S/C22H29N3O/c1-18-8-10-19(11-9-18)16-23-21(25-20-6-4-3-5-7-20)24-17-22(12-13-22)14-15-26-2/h3-11H,12-17H2,1-2H3,(H2,23,24,25). The molecule has 1 fully saturated rings. The van der Waals surface area contributed by atoms with E-state index in [9.17, 15) is 0 Å². The summed E-state index contributed by atoms with van der Waals surface area (Å²) >= 11 is 0. The average molecular weight is 351 g/mol. The number of hydrogen-bond donors (Lipinski definition) is 2. The normalized spacial score (nSPS) is 15.5. The largest absolute Gasteiger partial charge is 0.385 e. The molecule has 1 saturated carbocycles. The minimum Gasteiger partial charge on any atom is -0.385 e. The van der Waals surface area contributed by atoms with Crippen LogP contribution in [0.2, 0.25) is 0 Å². The number of rotatable bonds is 8. The third-order valence-electron chi connectivity index (χ3n) is 5.00. The van der Waals surface area contributed by atoms with Crippen LogP contribution >= 0.6 is 0 Å². The lowest BCUT2D eigenvalue weighted by molar-refractivity contribution is 0.172. The van der Waals surface area contributed by atoms with E-state index in [-0.39, 0.29) is 0 Å². The Balaban J connectivity index is 1.65. The number of para-hydroxylation sites is 1. The molecule has 0 spiro atoms. The SMILES string of the molecule is COCCC1(CNC(=NCc2ccc(C)cc2)Nc2ccccc2)CC1. The Morgan fingerprint density at radius 2 is 1.81 bits per heavy atom. The highest BCUT2D eigenvalue weighted by atomic mass is 16.5. The molecule has 26 heavy (non-hydrogen) atoms. The fraction of sp³-hybridized carbons (Fsp3) is 0.409.